The summed E-state index contributed by atoms with van der Waals surface area (Å²) in [5.74, 6) is 0.993. The van der Waals surface area contributed by atoms with Crippen molar-refractivity contribution in [3.05, 3.63) is 60.2 Å². The number of rotatable bonds is 6. The molecule has 4 heteroatoms. The highest BCUT2D eigenvalue weighted by Gasteiger charge is 2.20. The first-order valence-electron chi connectivity index (χ1n) is 8.97. The summed E-state index contributed by atoms with van der Waals surface area (Å²) in [6.07, 6.45) is 3.30. The van der Waals surface area contributed by atoms with Crippen LogP contribution in [0.3, 0.4) is 0 Å². The fraction of sp³-hybridized carbons (Fsp3) is 0.381. The van der Waals surface area contributed by atoms with Crippen LogP contribution in [-0.2, 0) is 11.2 Å². The minimum absolute atomic E-state index is 0.147. The zero-order valence-electron chi connectivity index (χ0n) is 14.8. The van der Waals surface area contributed by atoms with Gasteiger partial charge in [0.1, 0.15) is 5.75 Å². The van der Waals surface area contributed by atoms with Gasteiger partial charge in [-0.3, -0.25) is 4.79 Å². The zero-order valence-corrected chi connectivity index (χ0v) is 14.8. The normalized spacial score (nSPS) is 15.0. The smallest absolute Gasteiger partial charge is 0.220 e. The fourth-order valence-corrected chi connectivity index (χ4v) is 3.27. The van der Waals surface area contributed by atoms with Gasteiger partial charge in [0.05, 0.1) is 7.11 Å². The molecule has 3 rings (SSSR count). The third-order valence-electron chi connectivity index (χ3n) is 4.78. The summed E-state index contributed by atoms with van der Waals surface area (Å²) >= 11 is 0. The number of anilines is 1. The van der Waals surface area contributed by atoms with Crippen LogP contribution in [0, 0.1) is 0 Å². The van der Waals surface area contributed by atoms with Gasteiger partial charge in [-0.2, -0.15) is 0 Å². The lowest BCUT2D eigenvalue weighted by Gasteiger charge is -2.34. The van der Waals surface area contributed by atoms with Crippen LogP contribution >= 0.6 is 0 Å². The number of para-hydroxylation sites is 1. The second kappa shape index (κ2) is 8.56. The first-order chi connectivity index (χ1) is 12.2. The van der Waals surface area contributed by atoms with Gasteiger partial charge in [-0.1, -0.05) is 30.3 Å². The van der Waals surface area contributed by atoms with E-state index in [0.29, 0.717) is 12.5 Å². The lowest BCUT2D eigenvalue weighted by atomic mass is 10.0. The summed E-state index contributed by atoms with van der Waals surface area (Å²) in [7, 11) is 1.66. The molecule has 4 nitrogen and oxygen atoms in total. The Hall–Kier alpha value is -2.49. The van der Waals surface area contributed by atoms with E-state index in [1.807, 2.05) is 30.3 Å². The Morgan fingerprint density at radius 3 is 2.40 bits per heavy atom. The van der Waals surface area contributed by atoms with Crippen LogP contribution < -0.4 is 15.0 Å². The molecule has 1 fully saturated rings. The number of nitrogens with one attached hydrogen (secondary N) is 1. The largest absolute Gasteiger partial charge is 0.497 e. The number of hydrogen-bond donors (Lipinski definition) is 1. The highest BCUT2D eigenvalue weighted by molar-refractivity contribution is 5.76. The molecule has 1 heterocycles. The van der Waals surface area contributed by atoms with E-state index >= 15 is 0 Å². The monoisotopic (exact) mass is 338 g/mol. The van der Waals surface area contributed by atoms with E-state index < -0.39 is 0 Å². The molecule has 0 spiro atoms. The molecule has 2 aromatic rings. The third-order valence-corrected chi connectivity index (χ3v) is 4.78. The number of carbonyl (C=O) groups is 1. The molecule has 0 unspecified atom stereocenters. The van der Waals surface area contributed by atoms with Crippen molar-refractivity contribution in [3.8, 4) is 5.75 Å². The van der Waals surface area contributed by atoms with Gasteiger partial charge < -0.3 is 15.0 Å². The van der Waals surface area contributed by atoms with Gasteiger partial charge >= 0.3 is 0 Å². The van der Waals surface area contributed by atoms with Crippen LogP contribution in [0.1, 0.15) is 24.8 Å². The Labute approximate surface area is 149 Å². The van der Waals surface area contributed by atoms with Crippen molar-refractivity contribution in [2.45, 2.75) is 31.7 Å². The molecule has 0 radical (unpaired) electrons. The third kappa shape index (κ3) is 4.99. The predicted octanol–water partition coefficient (Wildman–Crippen LogP) is 3.41. The Balaban J connectivity index is 1.40. The van der Waals surface area contributed by atoms with E-state index in [1.165, 1.54) is 5.69 Å². The van der Waals surface area contributed by atoms with Crippen molar-refractivity contribution >= 4 is 11.6 Å². The molecule has 0 saturated carbocycles. The maximum atomic E-state index is 12.2. The lowest BCUT2D eigenvalue weighted by molar-refractivity contribution is -0.121. The summed E-state index contributed by atoms with van der Waals surface area (Å²) < 4.78 is 5.15. The standard InChI is InChI=1S/C21H26N2O2/c1-25-20-10-7-17(8-11-20)9-12-21(24)22-18-13-15-23(16-14-18)19-5-3-2-4-6-19/h2-8,10-11,18H,9,12-16H2,1H3,(H,22,24). The topological polar surface area (TPSA) is 41.6 Å². The van der Waals surface area contributed by atoms with Crippen LogP contribution in [-0.4, -0.2) is 32.1 Å². The Morgan fingerprint density at radius 1 is 1.08 bits per heavy atom. The van der Waals surface area contributed by atoms with E-state index in [1.54, 1.807) is 7.11 Å². The number of benzene rings is 2. The van der Waals surface area contributed by atoms with E-state index in [9.17, 15) is 4.79 Å². The van der Waals surface area contributed by atoms with Gasteiger partial charge in [0.25, 0.3) is 0 Å². The minimum Gasteiger partial charge on any atom is -0.497 e. The van der Waals surface area contributed by atoms with Crippen molar-refractivity contribution < 1.29 is 9.53 Å². The van der Waals surface area contributed by atoms with Gasteiger partial charge in [0.15, 0.2) is 0 Å². The molecule has 2 aromatic carbocycles. The number of nitrogens with zero attached hydrogens (tertiary/aromatic N) is 1. The van der Waals surface area contributed by atoms with Crippen LogP contribution in [0.5, 0.6) is 5.75 Å². The fourth-order valence-electron chi connectivity index (χ4n) is 3.27. The summed E-state index contributed by atoms with van der Waals surface area (Å²) in [5.41, 5.74) is 2.43. The maximum Gasteiger partial charge on any atom is 0.220 e. The molecule has 1 amide bonds. The predicted molar refractivity (Wildman–Crippen MR) is 101 cm³/mol. The SMILES string of the molecule is COc1ccc(CCC(=O)NC2CCN(c3ccccc3)CC2)cc1. The van der Waals surface area contributed by atoms with Crippen LogP contribution in [0.4, 0.5) is 5.69 Å². The first-order valence-corrected chi connectivity index (χ1v) is 8.97. The van der Waals surface area contributed by atoms with Crippen molar-refractivity contribution in [2.75, 3.05) is 25.1 Å². The van der Waals surface area contributed by atoms with Crippen LogP contribution in [0.2, 0.25) is 0 Å². The Bertz CT molecular complexity index is 662. The summed E-state index contributed by atoms with van der Waals surface area (Å²) in [6, 6.07) is 18.7. The second-order valence-electron chi connectivity index (χ2n) is 6.51. The molecule has 1 aliphatic rings. The molecule has 0 bridgehead atoms. The minimum atomic E-state index is 0.147. The molecule has 1 N–H and O–H groups in total. The van der Waals surface area contributed by atoms with Crippen LogP contribution in [0.25, 0.3) is 0 Å². The van der Waals surface area contributed by atoms with Crippen molar-refractivity contribution in [3.63, 3.8) is 0 Å². The quantitative estimate of drug-likeness (QED) is 0.877. The van der Waals surface area contributed by atoms with Crippen molar-refractivity contribution in [1.82, 2.24) is 5.32 Å². The molecule has 0 aliphatic carbocycles. The van der Waals surface area contributed by atoms with Gasteiger partial charge in [0, 0.05) is 31.2 Å². The summed E-state index contributed by atoms with van der Waals surface area (Å²) in [6.45, 7) is 1.99. The molecular formula is C21H26N2O2. The zero-order chi connectivity index (χ0) is 17.5. The molecule has 0 aromatic heterocycles. The number of methoxy groups -OCH3 is 1. The second-order valence-corrected chi connectivity index (χ2v) is 6.51. The lowest BCUT2D eigenvalue weighted by Crippen LogP contribution is -2.44. The number of piperidine rings is 1. The van der Waals surface area contributed by atoms with E-state index in [-0.39, 0.29) is 5.91 Å². The van der Waals surface area contributed by atoms with Gasteiger partial charge in [-0.15, -0.1) is 0 Å². The summed E-state index contributed by atoms with van der Waals surface area (Å²) in [5, 5.41) is 3.19. The average molecular weight is 338 g/mol. The van der Waals surface area contributed by atoms with E-state index in [2.05, 4.69) is 34.5 Å². The highest BCUT2D eigenvalue weighted by atomic mass is 16.5. The number of amides is 1. The number of aryl methyl sites for hydroxylation is 1. The van der Waals surface area contributed by atoms with Crippen LogP contribution in [0.15, 0.2) is 54.6 Å². The average Bonchev–Trinajstić information content (AvgIpc) is 2.68. The van der Waals surface area contributed by atoms with E-state index in [4.69, 9.17) is 4.74 Å². The molecule has 0 atom stereocenters. The molecule has 1 saturated heterocycles. The Morgan fingerprint density at radius 2 is 1.76 bits per heavy atom. The molecule has 1 aliphatic heterocycles. The number of carbonyl (C=O) groups excluding carboxylic acids is 1. The molecular weight excluding hydrogens is 312 g/mol. The summed E-state index contributed by atoms with van der Waals surface area (Å²) in [4.78, 5) is 14.6. The highest BCUT2D eigenvalue weighted by Crippen LogP contribution is 2.19. The van der Waals surface area contributed by atoms with Crippen molar-refractivity contribution in [1.29, 1.82) is 0 Å². The van der Waals surface area contributed by atoms with Gasteiger partial charge in [-0.05, 0) is 49.1 Å². The number of ether oxygens (including phenoxy) is 1. The van der Waals surface area contributed by atoms with E-state index in [0.717, 1.165) is 43.7 Å². The van der Waals surface area contributed by atoms with Gasteiger partial charge in [0.2, 0.25) is 5.91 Å². The first kappa shape index (κ1) is 17.3. The number of hydrogen-bond acceptors (Lipinski definition) is 3. The Kier molecular flexibility index (Phi) is 5.94. The van der Waals surface area contributed by atoms with Crippen molar-refractivity contribution in [2.24, 2.45) is 0 Å². The van der Waals surface area contributed by atoms with Gasteiger partial charge in [-0.25, -0.2) is 0 Å². The molecule has 132 valence electrons. The molecule has 25 heavy (non-hydrogen) atoms. The maximum absolute atomic E-state index is 12.2.